The van der Waals surface area contributed by atoms with E-state index in [4.69, 9.17) is 19.5 Å². The number of aromatic nitrogens is 3. The summed E-state index contributed by atoms with van der Waals surface area (Å²) in [4.78, 5) is 6.49. The summed E-state index contributed by atoms with van der Waals surface area (Å²) in [6, 6.07) is 1.44. The molecule has 1 atom stereocenters. The van der Waals surface area contributed by atoms with Crippen LogP contribution in [0.5, 0.6) is 0 Å². The largest absolute Gasteiger partial charge is 0.379 e. The molecule has 8 nitrogen and oxygen atoms in total. The summed E-state index contributed by atoms with van der Waals surface area (Å²) < 4.78 is 15.5. The Morgan fingerprint density at radius 1 is 1.30 bits per heavy atom. The van der Waals surface area contributed by atoms with Gasteiger partial charge in [-0.3, -0.25) is 4.90 Å². The summed E-state index contributed by atoms with van der Waals surface area (Å²) >= 11 is 0. The fourth-order valence-corrected chi connectivity index (χ4v) is 2.09. The fourth-order valence-electron chi connectivity index (χ4n) is 2.09. The molecule has 0 radical (unpaired) electrons. The number of nitrogens with two attached hydrogens (primary N) is 1. The Hall–Kier alpha value is -1.77. The van der Waals surface area contributed by atoms with Gasteiger partial charge in [0.15, 0.2) is 5.82 Å². The smallest absolute Gasteiger partial charge is 0.296 e. The number of nitrogens with zero attached hydrogens (tertiary/aromatic N) is 4. The third kappa shape index (κ3) is 2.87. The van der Waals surface area contributed by atoms with Gasteiger partial charge in [-0.1, -0.05) is 10.3 Å². The topological polar surface area (TPSA) is 103 Å². The molecule has 3 rings (SSSR count). The molecule has 0 saturated carbocycles. The highest BCUT2D eigenvalue weighted by Gasteiger charge is 2.21. The number of morpholine rings is 1. The minimum atomic E-state index is -0.297. The summed E-state index contributed by atoms with van der Waals surface area (Å²) in [6.07, 6.45) is 0. The van der Waals surface area contributed by atoms with Gasteiger partial charge in [-0.25, -0.2) is 0 Å². The molecular weight excluding hydrogens is 262 g/mol. The molecule has 1 aliphatic rings. The second-order valence-electron chi connectivity index (χ2n) is 4.81. The highest BCUT2D eigenvalue weighted by molar-refractivity contribution is 5.43. The Bertz CT molecular complexity index is 561. The van der Waals surface area contributed by atoms with Crippen molar-refractivity contribution in [3.05, 3.63) is 17.6 Å². The molecule has 108 valence electrons. The van der Waals surface area contributed by atoms with Crippen LogP contribution in [0.4, 0.5) is 0 Å². The van der Waals surface area contributed by atoms with Gasteiger partial charge in [-0.2, -0.15) is 4.98 Å². The Kier molecular flexibility index (Phi) is 3.77. The van der Waals surface area contributed by atoms with Gasteiger partial charge in [0.25, 0.3) is 5.89 Å². The maximum absolute atomic E-state index is 6.11. The zero-order valence-electron chi connectivity index (χ0n) is 11.3. The van der Waals surface area contributed by atoms with E-state index in [-0.39, 0.29) is 6.04 Å². The summed E-state index contributed by atoms with van der Waals surface area (Å²) in [5.41, 5.74) is 6.87. The van der Waals surface area contributed by atoms with Gasteiger partial charge in [-0.05, 0) is 6.92 Å². The summed E-state index contributed by atoms with van der Waals surface area (Å²) in [5, 5.41) is 7.70. The summed E-state index contributed by atoms with van der Waals surface area (Å²) in [7, 11) is 0. The van der Waals surface area contributed by atoms with Crippen molar-refractivity contribution in [3.63, 3.8) is 0 Å². The molecule has 0 aliphatic carbocycles. The lowest BCUT2D eigenvalue weighted by molar-refractivity contribution is 0.0348. The lowest BCUT2D eigenvalue weighted by Gasteiger charge is -2.27. The van der Waals surface area contributed by atoms with Crippen LogP contribution in [-0.4, -0.2) is 53.0 Å². The van der Waals surface area contributed by atoms with E-state index < -0.39 is 0 Å². The van der Waals surface area contributed by atoms with Crippen LogP contribution in [0.25, 0.3) is 11.7 Å². The van der Waals surface area contributed by atoms with Gasteiger partial charge in [0.05, 0.1) is 24.9 Å². The van der Waals surface area contributed by atoms with Crippen molar-refractivity contribution < 1.29 is 13.8 Å². The van der Waals surface area contributed by atoms with Crippen LogP contribution in [0.1, 0.15) is 17.6 Å². The lowest BCUT2D eigenvalue weighted by atomic mass is 10.2. The molecule has 0 amide bonds. The van der Waals surface area contributed by atoms with E-state index >= 15 is 0 Å². The standard InChI is InChI=1S/C12H17N5O3/c1-8-6-10(19-15-8)12-14-11(16-20-12)9(13)7-17-2-4-18-5-3-17/h6,9H,2-5,7,13H2,1H3. The molecule has 1 unspecified atom stereocenters. The molecule has 2 N–H and O–H groups in total. The molecule has 2 aromatic heterocycles. The maximum atomic E-state index is 6.11. The Balaban J connectivity index is 1.66. The monoisotopic (exact) mass is 279 g/mol. The van der Waals surface area contributed by atoms with Crippen molar-refractivity contribution in [3.8, 4) is 11.7 Å². The first kappa shape index (κ1) is 13.2. The molecule has 1 aliphatic heterocycles. The summed E-state index contributed by atoms with van der Waals surface area (Å²) in [6.45, 7) is 5.73. The average molecular weight is 279 g/mol. The zero-order chi connectivity index (χ0) is 13.9. The molecule has 0 bridgehead atoms. The van der Waals surface area contributed by atoms with Crippen molar-refractivity contribution in [2.75, 3.05) is 32.8 Å². The van der Waals surface area contributed by atoms with Crippen molar-refractivity contribution in [2.24, 2.45) is 5.73 Å². The Morgan fingerprint density at radius 3 is 2.80 bits per heavy atom. The van der Waals surface area contributed by atoms with Gasteiger partial charge >= 0.3 is 0 Å². The first-order valence-electron chi connectivity index (χ1n) is 6.55. The van der Waals surface area contributed by atoms with Gasteiger partial charge in [0, 0.05) is 25.7 Å². The van der Waals surface area contributed by atoms with Crippen molar-refractivity contribution in [1.29, 1.82) is 0 Å². The first-order valence-corrected chi connectivity index (χ1v) is 6.55. The molecule has 3 heterocycles. The van der Waals surface area contributed by atoms with E-state index in [1.165, 1.54) is 0 Å². The average Bonchev–Trinajstić information content (AvgIpc) is 3.08. The van der Waals surface area contributed by atoms with Crippen LogP contribution < -0.4 is 5.73 Å². The number of hydrogen-bond donors (Lipinski definition) is 1. The quantitative estimate of drug-likeness (QED) is 0.855. The SMILES string of the molecule is Cc1cc(-c2nc(C(N)CN3CCOCC3)no2)on1. The maximum Gasteiger partial charge on any atom is 0.296 e. The van der Waals surface area contributed by atoms with Gasteiger partial charge in [0.2, 0.25) is 5.76 Å². The van der Waals surface area contributed by atoms with Crippen LogP contribution >= 0.6 is 0 Å². The van der Waals surface area contributed by atoms with Crippen LogP contribution in [0.3, 0.4) is 0 Å². The zero-order valence-corrected chi connectivity index (χ0v) is 11.3. The van der Waals surface area contributed by atoms with Gasteiger partial charge < -0.3 is 19.5 Å². The number of aryl methyl sites for hydroxylation is 1. The second-order valence-corrected chi connectivity index (χ2v) is 4.81. The van der Waals surface area contributed by atoms with Gasteiger partial charge in [-0.15, -0.1) is 0 Å². The molecule has 8 heteroatoms. The van der Waals surface area contributed by atoms with E-state index in [1.54, 1.807) is 6.07 Å². The normalized spacial score (nSPS) is 18.3. The number of rotatable bonds is 4. The Morgan fingerprint density at radius 2 is 2.10 bits per heavy atom. The van der Waals surface area contributed by atoms with Crippen LogP contribution in [-0.2, 0) is 4.74 Å². The molecule has 0 aromatic carbocycles. The van der Waals surface area contributed by atoms with Crippen LogP contribution in [0.15, 0.2) is 15.1 Å². The van der Waals surface area contributed by atoms with Crippen molar-refractivity contribution in [2.45, 2.75) is 13.0 Å². The number of ether oxygens (including phenoxy) is 1. The molecule has 20 heavy (non-hydrogen) atoms. The molecule has 1 fully saturated rings. The van der Waals surface area contributed by atoms with E-state index in [0.29, 0.717) is 24.0 Å². The van der Waals surface area contributed by atoms with Crippen LogP contribution in [0.2, 0.25) is 0 Å². The van der Waals surface area contributed by atoms with Crippen molar-refractivity contribution in [1.82, 2.24) is 20.2 Å². The molecule has 2 aromatic rings. The lowest BCUT2D eigenvalue weighted by Crippen LogP contribution is -2.40. The predicted octanol–water partition coefficient (Wildman–Crippen LogP) is 0.365. The Labute approximate surface area is 115 Å². The molecular formula is C12H17N5O3. The van der Waals surface area contributed by atoms with Crippen molar-refractivity contribution >= 4 is 0 Å². The fraction of sp³-hybridized carbons (Fsp3) is 0.583. The third-order valence-electron chi connectivity index (χ3n) is 3.17. The third-order valence-corrected chi connectivity index (χ3v) is 3.17. The number of hydrogen-bond acceptors (Lipinski definition) is 8. The van der Waals surface area contributed by atoms with E-state index in [2.05, 4.69) is 20.2 Å². The predicted molar refractivity (Wildman–Crippen MR) is 68.7 cm³/mol. The van der Waals surface area contributed by atoms with E-state index in [0.717, 1.165) is 32.0 Å². The minimum absolute atomic E-state index is 0.297. The second kappa shape index (κ2) is 5.70. The molecule has 0 spiro atoms. The highest BCUT2D eigenvalue weighted by atomic mass is 16.5. The van der Waals surface area contributed by atoms with Gasteiger partial charge in [0.1, 0.15) is 0 Å². The van der Waals surface area contributed by atoms with Crippen LogP contribution in [0, 0.1) is 6.92 Å². The molecule has 1 saturated heterocycles. The minimum Gasteiger partial charge on any atom is -0.379 e. The van der Waals surface area contributed by atoms with E-state index in [1.807, 2.05) is 6.92 Å². The summed E-state index contributed by atoms with van der Waals surface area (Å²) in [5.74, 6) is 1.23. The highest BCUT2D eigenvalue weighted by Crippen LogP contribution is 2.19. The van der Waals surface area contributed by atoms with E-state index in [9.17, 15) is 0 Å². The first-order chi connectivity index (χ1) is 9.72.